The maximum absolute atomic E-state index is 12.1. The van der Waals surface area contributed by atoms with E-state index in [1.165, 1.54) is 18.4 Å². The van der Waals surface area contributed by atoms with E-state index in [2.05, 4.69) is 28.1 Å². The van der Waals surface area contributed by atoms with E-state index in [-0.39, 0.29) is 24.4 Å². The normalized spacial score (nSPS) is 15.4. The van der Waals surface area contributed by atoms with Crippen molar-refractivity contribution < 1.29 is 14.0 Å². The van der Waals surface area contributed by atoms with Crippen molar-refractivity contribution in [1.82, 2.24) is 16.0 Å². The fourth-order valence-corrected chi connectivity index (χ4v) is 3.54. The summed E-state index contributed by atoms with van der Waals surface area (Å²) in [5, 5.41) is 8.20. The van der Waals surface area contributed by atoms with E-state index >= 15 is 0 Å². The van der Waals surface area contributed by atoms with Gasteiger partial charge in [-0.3, -0.25) is 4.79 Å². The Morgan fingerprint density at radius 1 is 0.962 bits per heavy atom. The molecule has 2 aromatic rings. The van der Waals surface area contributed by atoms with Crippen LogP contribution in [0.15, 0.2) is 53.1 Å². The highest BCUT2D eigenvalue weighted by atomic mass is 16.3. The number of nitrogens with one attached hydrogen (secondary N) is 3. The topological polar surface area (TPSA) is 83.4 Å². The Labute approximate surface area is 153 Å². The van der Waals surface area contributed by atoms with Crippen LogP contribution in [0.3, 0.4) is 0 Å². The molecule has 1 aliphatic rings. The second kappa shape index (κ2) is 8.56. The Hall–Kier alpha value is -2.76. The van der Waals surface area contributed by atoms with E-state index < -0.39 is 6.03 Å². The van der Waals surface area contributed by atoms with Crippen molar-refractivity contribution in [3.8, 4) is 0 Å². The van der Waals surface area contributed by atoms with Crippen LogP contribution in [0.5, 0.6) is 0 Å². The summed E-state index contributed by atoms with van der Waals surface area (Å²) in [6.07, 6.45) is 6.06. The molecule has 1 fully saturated rings. The number of hydrogen-bond acceptors (Lipinski definition) is 3. The minimum Gasteiger partial charge on any atom is -0.467 e. The number of rotatable bonds is 7. The molecule has 1 aliphatic carbocycles. The standard InChI is InChI=1S/C20H25N3O3/c24-18(14-22-19(25)21-13-17-9-6-12-26-17)23-15-20(10-4-5-11-20)16-7-2-1-3-8-16/h1-3,6-9,12H,4-5,10-11,13-15H2,(H,23,24)(H2,21,22,25). The first-order chi connectivity index (χ1) is 12.7. The molecule has 1 heterocycles. The van der Waals surface area contributed by atoms with Gasteiger partial charge in [-0.2, -0.15) is 0 Å². The fraction of sp³-hybridized carbons (Fsp3) is 0.400. The zero-order valence-electron chi connectivity index (χ0n) is 14.8. The molecule has 0 atom stereocenters. The van der Waals surface area contributed by atoms with Crippen molar-refractivity contribution in [2.75, 3.05) is 13.1 Å². The van der Waals surface area contributed by atoms with Gasteiger partial charge in [-0.15, -0.1) is 0 Å². The van der Waals surface area contributed by atoms with Gasteiger partial charge in [-0.05, 0) is 30.5 Å². The van der Waals surface area contributed by atoms with Crippen LogP contribution in [-0.2, 0) is 16.8 Å². The van der Waals surface area contributed by atoms with Gasteiger partial charge in [0.25, 0.3) is 0 Å². The number of furan rings is 1. The molecule has 138 valence electrons. The van der Waals surface area contributed by atoms with Gasteiger partial charge in [0.05, 0.1) is 19.4 Å². The molecular formula is C20H25N3O3. The number of amides is 3. The molecule has 0 spiro atoms. The molecule has 1 saturated carbocycles. The number of hydrogen-bond donors (Lipinski definition) is 3. The molecule has 0 saturated heterocycles. The van der Waals surface area contributed by atoms with Crippen LogP contribution in [0.1, 0.15) is 37.0 Å². The zero-order valence-corrected chi connectivity index (χ0v) is 14.8. The summed E-state index contributed by atoms with van der Waals surface area (Å²) >= 11 is 0. The molecule has 3 amide bonds. The van der Waals surface area contributed by atoms with E-state index in [0.29, 0.717) is 12.3 Å². The zero-order chi connectivity index (χ0) is 18.2. The predicted molar refractivity (Wildman–Crippen MR) is 98.5 cm³/mol. The first kappa shape index (κ1) is 18.0. The lowest BCUT2D eigenvalue weighted by Gasteiger charge is -2.30. The average molecular weight is 355 g/mol. The Bertz CT molecular complexity index is 707. The summed E-state index contributed by atoms with van der Waals surface area (Å²) in [5.41, 5.74) is 1.29. The van der Waals surface area contributed by atoms with Crippen LogP contribution in [-0.4, -0.2) is 25.0 Å². The molecule has 6 heteroatoms. The number of urea groups is 1. The molecular weight excluding hydrogens is 330 g/mol. The average Bonchev–Trinajstić information content (AvgIpc) is 3.36. The highest BCUT2D eigenvalue weighted by Gasteiger charge is 2.35. The van der Waals surface area contributed by atoms with Gasteiger partial charge < -0.3 is 20.4 Å². The Morgan fingerprint density at radius 3 is 2.42 bits per heavy atom. The molecule has 1 aromatic heterocycles. The molecule has 26 heavy (non-hydrogen) atoms. The Kier molecular flexibility index (Phi) is 5.94. The molecule has 0 radical (unpaired) electrons. The number of carbonyl (C=O) groups is 2. The maximum atomic E-state index is 12.1. The lowest BCUT2D eigenvalue weighted by molar-refractivity contribution is -0.120. The van der Waals surface area contributed by atoms with Crippen molar-refractivity contribution in [3.63, 3.8) is 0 Å². The largest absolute Gasteiger partial charge is 0.467 e. The summed E-state index contributed by atoms with van der Waals surface area (Å²) in [5.74, 6) is 0.482. The van der Waals surface area contributed by atoms with E-state index in [4.69, 9.17) is 4.42 Å². The Morgan fingerprint density at radius 2 is 1.73 bits per heavy atom. The van der Waals surface area contributed by atoms with Crippen LogP contribution in [0.4, 0.5) is 4.79 Å². The monoisotopic (exact) mass is 355 g/mol. The minimum absolute atomic E-state index is 0.0124. The van der Waals surface area contributed by atoms with Gasteiger partial charge >= 0.3 is 6.03 Å². The van der Waals surface area contributed by atoms with Crippen molar-refractivity contribution >= 4 is 11.9 Å². The molecule has 0 bridgehead atoms. The quantitative estimate of drug-likeness (QED) is 0.714. The van der Waals surface area contributed by atoms with E-state index in [9.17, 15) is 9.59 Å². The van der Waals surface area contributed by atoms with Crippen molar-refractivity contribution in [3.05, 3.63) is 60.1 Å². The van der Waals surface area contributed by atoms with Gasteiger partial charge in [-0.25, -0.2) is 4.79 Å². The van der Waals surface area contributed by atoms with Gasteiger partial charge in [0.15, 0.2) is 0 Å². The van der Waals surface area contributed by atoms with Crippen LogP contribution < -0.4 is 16.0 Å². The third-order valence-corrected chi connectivity index (χ3v) is 4.98. The second-order valence-corrected chi connectivity index (χ2v) is 6.75. The van der Waals surface area contributed by atoms with Crippen LogP contribution >= 0.6 is 0 Å². The molecule has 0 unspecified atom stereocenters. The third kappa shape index (κ3) is 4.65. The summed E-state index contributed by atoms with van der Waals surface area (Å²) in [6, 6.07) is 13.5. The van der Waals surface area contributed by atoms with Gasteiger partial charge in [0.2, 0.25) is 5.91 Å². The lowest BCUT2D eigenvalue weighted by atomic mass is 9.79. The molecule has 1 aromatic carbocycles. The SMILES string of the molecule is O=C(CNC(=O)NCc1ccco1)NCC1(c2ccccc2)CCCC1. The fourth-order valence-electron chi connectivity index (χ4n) is 3.54. The lowest BCUT2D eigenvalue weighted by Crippen LogP contribution is -2.45. The van der Waals surface area contributed by atoms with Crippen LogP contribution in [0.2, 0.25) is 0 Å². The van der Waals surface area contributed by atoms with Crippen LogP contribution in [0, 0.1) is 0 Å². The van der Waals surface area contributed by atoms with Crippen LogP contribution in [0.25, 0.3) is 0 Å². The van der Waals surface area contributed by atoms with Crippen molar-refractivity contribution in [1.29, 1.82) is 0 Å². The third-order valence-electron chi connectivity index (χ3n) is 4.98. The van der Waals surface area contributed by atoms with Gasteiger partial charge in [0, 0.05) is 12.0 Å². The minimum atomic E-state index is -0.393. The van der Waals surface area contributed by atoms with Gasteiger partial charge in [0.1, 0.15) is 5.76 Å². The maximum Gasteiger partial charge on any atom is 0.315 e. The summed E-state index contributed by atoms with van der Waals surface area (Å²) in [6.45, 7) is 0.845. The summed E-state index contributed by atoms with van der Waals surface area (Å²) < 4.78 is 5.14. The van der Waals surface area contributed by atoms with Crippen molar-refractivity contribution in [2.24, 2.45) is 0 Å². The first-order valence-corrected chi connectivity index (χ1v) is 9.04. The molecule has 3 rings (SSSR count). The summed E-state index contributed by atoms with van der Waals surface area (Å²) in [4.78, 5) is 23.9. The van der Waals surface area contributed by atoms with Gasteiger partial charge in [-0.1, -0.05) is 43.2 Å². The number of carbonyl (C=O) groups excluding carboxylic acids is 2. The molecule has 3 N–H and O–H groups in total. The molecule has 6 nitrogen and oxygen atoms in total. The second-order valence-electron chi connectivity index (χ2n) is 6.75. The van der Waals surface area contributed by atoms with E-state index in [0.717, 1.165) is 12.8 Å². The van der Waals surface area contributed by atoms with E-state index in [1.54, 1.807) is 18.4 Å². The highest BCUT2D eigenvalue weighted by Crippen LogP contribution is 2.40. The predicted octanol–water partition coefficient (Wildman–Crippen LogP) is 2.71. The molecule has 0 aliphatic heterocycles. The highest BCUT2D eigenvalue weighted by molar-refractivity contribution is 5.83. The first-order valence-electron chi connectivity index (χ1n) is 9.04. The van der Waals surface area contributed by atoms with Crippen molar-refractivity contribution in [2.45, 2.75) is 37.6 Å². The van der Waals surface area contributed by atoms with E-state index in [1.807, 2.05) is 18.2 Å². The Balaban J connectivity index is 1.43. The number of benzene rings is 1. The summed E-state index contributed by atoms with van der Waals surface area (Å²) in [7, 11) is 0. The smallest absolute Gasteiger partial charge is 0.315 e.